The molecule has 23 heavy (non-hydrogen) atoms. The van der Waals surface area contributed by atoms with E-state index in [1.807, 2.05) is 12.3 Å². The predicted octanol–water partition coefficient (Wildman–Crippen LogP) is 2.16. The first kappa shape index (κ1) is 14.6. The van der Waals surface area contributed by atoms with E-state index in [4.69, 9.17) is 0 Å². The molecule has 3 heterocycles. The predicted molar refractivity (Wildman–Crippen MR) is 88.9 cm³/mol. The molecule has 122 valence electrons. The lowest BCUT2D eigenvalue weighted by Crippen LogP contribution is -2.41. The maximum atomic E-state index is 4.52. The summed E-state index contributed by atoms with van der Waals surface area (Å²) in [6.45, 7) is 4.15. The summed E-state index contributed by atoms with van der Waals surface area (Å²) in [5.41, 5.74) is 1.36. The van der Waals surface area contributed by atoms with Crippen molar-refractivity contribution < 1.29 is 0 Å². The second-order valence-corrected chi connectivity index (χ2v) is 6.67. The molecule has 1 N–H and O–H groups in total. The van der Waals surface area contributed by atoms with E-state index in [1.54, 1.807) is 12.4 Å². The zero-order valence-corrected chi connectivity index (χ0v) is 13.4. The molecule has 2 aliphatic rings. The molecule has 0 radical (unpaired) electrons. The van der Waals surface area contributed by atoms with Gasteiger partial charge in [-0.1, -0.05) is 6.42 Å². The SMILES string of the molecule is c1cnc(NCC[C@H]2CN(C3CCC3)Cc3ccnn3C2)nc1. The van der Waals surface area contributed by atoms with E-state index in [-0.39, 0.29) is 0 Å². The molecule has 1 saturated carbocycles. The van der Waals surface area contributed by atoms with E-state index in [0.29, 0.717) is 5.92 Å². The first-order valence-electron chi connectivity index (χ1n) is 8.64. The second kappa shape index (κ2) is 6.66. The third kappa shape index (κ3) is 3.37. The van der Waals surface area contributed by atoms with Crippen LogP contribution in [0.1, 0.15) is 31.4 Å². The van der Waals surface area contributed by atoms with Crippen molar-refractivity contribution in [2.24, 2.45) is 5.92 Å². The van der Waals surface area contributed by atoms with Gasteiger partial charge in [-0.3, -0.25) is 9.58 Å². The Balaban J connectivity index is 1.38. The molecular formula is C17H24N6. The molecule has 1 aliphatic carbocycles. The summed E-state index contributed by atoms with van der Waals surface area (Å²) in [5.74, 6) is 1.34. The largest absolute Gasteiger partial charge is 0.354 e. The van der Waals surface area contributed by atoms with Gasteiger partial charge in [0.15, 0.2) is 0 Å². The van der Waals surface area contributed by atoms with Crippen molar-refractivity contribution in [1.82, 2.24) is 24.6 Å². The van der Waals surface area contributed by atoms with Crippen molar-refractivity contribution in [3.8, 4) is 0 Å². The van der Waals surface area contributed by atoms with Crippen LogP contribution in [0.4, 0.5) is 5.95 Å². The first-order valence-corrected chi connectivity index (χ1v) is 8.64. The molecule has 2 aromatic rings. The monoisotopic (exact) mass is 312 g/mol. The van der Waals surface area contributed by atoms with Gasteiger partial charge in [-0.05, 0) is 37.3 Å². The number of anilines is 1. The van der Waals surface area contributed by atoms with Crippen LogP contribution in [0, 0.1) is 5.92 Å². The smallest absolute Gasteiger partial charge is 0.222 e. The summed E-state index contributed by atoms with van der Waals surface area (Å²) in [6.07, 6.45) is 10.7. The van der Waals surface area contributed by atoms with Crippen molar-refractivity contribution in [3.63, 3.8) is 0 Å². The highest BCUT2D eigenvalue weighted by Crippen LogP contribution is 2.29. The van der Waals surface area contributed by atoms with Gasteiger partial charge in [0, 0.05) is 50.8 Å². The Kier molecular flexibility index (Phi) is 4.24. The number of rotatable bonds is 5. The summed E-state index contributed by atoms with van der Waals surface area (Å²) < 4.78 is 2.20. The highest BCUT2D eigenvalue weighted by molar-refractivity contribution is 5.21. The molecule has 6 heteroatoms. The molecule has 2 aromatic heterocycles. The van der Waals surface area contributed by atoms with Gasteiger partial charge in [0.1, 0.15) is 0 Å². The molecule has 0 spiro atoms. The molecule has 0 saturated heterocycles. The number of aromatic nitrogens is 4. The Morgan fingerprint density at radius 3 is 2.78 bits per heavy atom. The van der Waals surface area contributed by atoms with Crippen molar-refractivity contribution in [2.45, 2.75) is 44.8 Å². The summed E-state index contributed by atoms with van der Waals surface area (Å²) in [4.78, 5) is 11.1. The third-order valence-corrected chi connectivity index (χ3v) is 5.09. The number of nitrogens with zero attached hydrogens (tertiary/aromatic N) is 5. The van der Waals surface area contributed by atoms with Crippen LogP contribution < -0.4 is 5.32 Å². The van der Waals surface area contributed by atoms with Gasteiger partial charge in [0.2, 0.25) is 5.95 Å². The van der Waals surface area contributed by atoms with Gasteiger partial charge in [-0.2, -0.15) is 5.10 Å². The fourth-order valence-corrected chi connectivity index (χ4v) is 3.56. The highest BCUT2D eigenvalue weighted by atomic mass is 15.3. The molecule has 1 fully saturated rings. The van der Waals surface area contributed by atoms with Crippen molar-refractivity contribution in [1.29, 1.82) is 0 Å². The third-order valence-electron chi connectivity index (χ3n) is 5.09. The maximum absolute atomic E-state index is 4.52. The molecule has 1 atom stereocenters. The number of nitrogens with one attached hydrogen (secondary N) is 1. The van der Waals surface area contributed by atoms with Crippen LogP contribution in [0.3, 0.4) is 0 Å². The van der Waals surface area contributed by atoms with Gasteiger partial charge < -0.3 is 5.32 Å². The van der Waals surface area contributed by atoms with Gasteiger partial charge in [-0.25, -0.2) is 9.97 Å². The molecule has 6 nitrogen and oxygen atoms in total. The minimum atomic E-state index is 0.618. The number of hydrogen-bond donors (Lipinski definition) is 1. The minimum absolute atomic E-state index is 0.618. The van der Waals surface area contributed by atoms with Crippen molar-refractivity contribution in [3.05, 3.63) is 36.4 Å². The number of hydrogen-bond acceptors (Lipinski definition) is 5. The lowest BCUT2D eigenvalue weighted by molar-refractivity contribution is 0.103. The molecule has 0 aromatic carbocycles. The fourth-order valence-electron chi connectivity index (χ4n) is 3.56. The van der Waals surface area contributed by atoms with Crippen LogP contribution in [-0.2, 0) is 13.1 Å². The van der Waals surface area contributed by atoms with E-state index in [9.17, 15) is 0 Å². The maximum Gasteiger partial charge on any atom is 0.222 e. The van der Waals surface area contributed by atoms with Crippen LogP contribution in [0.2, 0.25) is 0 Å². The van der Waals surface area contributed by atoms with Gasteiger partial charge in [-0.15, -0.1) is 0 Å². The molecule has 0 bridgehead atoms. The summed E-state index contributed by atoms with van der Waals surface area (Å²) in [6, 6.07) is 4.79. The molecule has 0 amide bonds. The van der Waals surface area contributed by atoms with Gasteiger partial charge in [0.05, 0.1) is 5.69 Å². The summed E-state index contributed by atoms with van der Waals surface area (Å²) in [7, 11) is 0. The van der Waals surface area contributed by atoms with E-state index in [2.05, 4.69) is 36.0 Å². The number of fused-ring (bicyclic) bond motifs is 1. The zero-order chi connectivity index (χ0) is 15.5. The van der Waals surface area contributed by atoms with Crippen LogP contribution in [0.25, 0.3) is 0 Å². The van der Waals surface area contributed by atoms with Crippen LogP contribution in [0.5, 0.6) is 0 Å². The summed E-state index contributed by atoms with van der Waals surface area (Å²) >= 11 is 0. The zero-order valence-electron chi connectivity index (χ0n) is 13.4. The molecular weight excluding hydrogens is 288 g/mol. The standard InChI is InChI=1S/C17H24N6/c1-3-15(4-1)22-11-14(12-23-16(13-22)6-10-21-23)5-9-20-17-18-7-2-8-19-17/h2,6-8,10,14-15H,1,3-5,9,11-13H2,(H,18,19,20)/t14-/m0/s1. The van der Waals surface area contributed by atoms with E-state index in [1.165, 1.54) is 31.5 Å². The Bertz CT molecular complexity index is 621. The van der Waals surface area contributed by atoms with Gasteiger partial charge in [0.25, 0.3) is 0 Å². The van der Waals surface area contributed by atoms with Crippen LogP contribution in [0.15, 0.2) is 30.7 Å². The van der Waals surface area contributed by atoms with Gasteiger partial charge >= 0.3 is 0 Å². The molecule has 1 aliphatic heterocycles. The van der Waals surface area contributed by atoms with E-state index < -0.39 is 0 Å². The fraction of sp³-hybridized carbons (Fsp3) is 0.588. The van der Waals surface area contributed by atoms with Crippen molar-refractivity contribution >= 4 is 5.95 Å². The minimum Gasteiger partial charge on any atom is -0.354 e. The lowest BCUT2D eigenvalue weighted by atomic mass is 9.90. The highest BCUT2D eigenvalue weighted by Gasteiger charge is 2.30. The quantitative estimate of drug-likeness (QED) is 0.917. The average molecular weight is 312 g/mol. The lowest BCUT2D eigenvalue weighted by Gasteiger charge is -2.38. The Labute approximate surface area is 136 Å². The van der Waals surface area contributed by atoms with E-state index >= 15 is 0 Å². The second-order valence-electron chi connectivity index (χ2n) is 6.67. The average Bonchev–Trinajstić information content (AvgIpc) is 2.86. The van der Waals surface area contributed by atoms with E-state index in [0.717, 1.165) is 38.0 Å². The molecule has 4 rings (SSSR count). The Morgan fingerprint density at radius 2 is 2.00 bits per heavy atom. The van der Waals surface area contributed by atoms with Crippen LogP contribution >= 0.6 is 0 Å². The van der Waals surface area contributed by atoms with Crippen molar-refractivity contribution in [2.75, 3.05) is 18.4 Å². The summed E-state index contributed by atoms with van der Waals surface area (Å²) in [5, 5.41) is 7.85. The topological polar surface area (TPSA) is 58.9 Å². The Morgan fingerprint density at radius 1 is 1.13 bits per heavy atom. The normalized spacial score (nSPS) is 22.2. The first-order chi connectivity index (χ1) is 11.4. The van der Waals surface area contributed by atoms with Crippen LogP contribution in [-0.4, -0.2) is 43.8 Å². The molecule has 0 unspecified atom stereocenters. The Hall–Kier alpha value is -1.95.